The molecule has 0 spiro atoms. The molecule has 1 aromatic heterocycles. The highest BCUT2D eigenvalue weighted by molar-refractivity contribution is 9.10. The molecule has 0 bridgehead atoms. The van der Waals surface area contributed by atoms with E-state index >= 15 is 0 Å². The molecule has 1 rings (SSSR count). The van der Waals surface area contributed by atoms with Crippen LogP contribution in [0.1, 0.15) is 5.56 Å². The normalized spacial score (nSPS) is 11.2. The van der Waals surface area contributed by atoms with Crippen LogP contribution in [-0.2, 0) is 10.9 Å². The third-order valence-electron chi connectivity index (χ3n) is 2.04. The van der Waals surface area contributed by atoms with Gasteiger partial charge in [0.05, 0.1) is 17.9 Å². The number of pyridine rings is 1. The second kappa shape index (κ2) is 6.75. The van der Waals surface area contributed by atoms with Gasteiger partial charge in [0.15, 0.2) is 0 Å². The molecule has 1 amide bonds. The molecule has 0 saturated carbocycles. The van der Waals surface area contributed by atoms with Crippen LogP contribution in [-0.4, -0.2) is 31.3 Å². The second-order valence-corrected chi connectivity index (χ2v) is 4.28. The van der Waals surface area contributed by atoms with E-state index in [4.69, 9.17) is 15.2 Å². The number of carbonyl (C=O) groups excluding carboxylic acids is 1. The molecule has 20 heavy (non-hydrogen) atoms. The van der Waals surface area contributed by atoms with E-state index in [0.29, 0.717) is 6.07 Å². The molecule has 3 N–H and O–H groups in total. The summed E-state index contributed by atoms with van der Waals surface area (Å²) < 4.78 is 46.6. The number of methoxy groups -OCH3 is 1. The number of anilines is 1. The van der Waals surface area contributed by atoms with Crippen molar-refractivity contribution in [1.82, 2.24) is 10.3 Å². The largest absolute Gasteiger partial charge is 0.419 e. The van der Waals surface area contributed by atoms with Crippen LogP contribution in [0.4, 0.5) is 23.7 Å². The summed E-state index contributed by atoms with van der Waals surface area (Å²) in [5, 5.41) is 2.30. The van der Waals surface area contributed by atoms with E-state index < -0.39 is 34.0 Å². The predicted octanol–water partition coefficient (Wildman–Crippen LogP) is 2.18. The maximum absolute atomic E-state index is 12.6. The fraction of sp³-hybridized carbons (Fsp3) is 0.400. The number of alkyl halides is 3. The number of aromatic nitrogens is 1. The van der Waals surface area contributed by atoms with E-state index in [9.17, 15) is 18.0 Å². The van der Waals surface area contributed by atoms with Crippen molar-refractivity contribution in [2.45, 2.75) is 6.18 Å². The van der Waals surface area contributed by atoms with E-state index in [1.807, 2.05) is 0 Å². The lowest BCUT2D eigenvalue weighted by atomic mass is 10.2. The van der Waals surface area contributed by atoms with Gasteiger partial charge in [0, 0.05) is 13.7 Å². The number of amides is 1. The number of ether oxygens (including phenoxy) is 2. The highest BCUT2D eigenvalue weighted by Gasteiger charge is 2.35. The van der Waals surface area contributed by atoms with Crippen molar-refractivity contribution in [3.05, 3.63) is 16.2 Å². The minimum atomic E-state index is -4.61. The first-order chi connectivity index (χ1) is 9.25. The highest BCUT2D eigenvalue weighted by Crippen LogP contribution is 2.37. The second-order valence-electron chi connectivity index (χ2n) is 3.53. The summed E-state index contributed by atoms with van der Waals surface area (Å²) in [6.07, 6.45) is -5.51. The van der Waals surface area contributed by atoms with Gasteiger partial charge in [-0.2, -0.15) is 13.2 Å². The topological polar surface area (TPSA) is 86.5 Å². The molecular formula is C10H11BrF3N3O3. The van der Waals surface area contributed by atoms with Gasteiger partial charge in [0.1, 0.15) is 4.60 Å². The van der Waals surface area contributed by atoms with Crippen molar-refractivity contribution in [3.63, 3.8) is 0 Å². The number of halogens is 4. The zero-order valence-electron chi connectivity index (χ0n) is 10.3. The van der Waals surface area contributed by atoms with Gasteiger partial charge >= 0.3 is 12.3 Å². The maximum atomic E-state index is 12.6. The van der Waals surface area contributed by atoms with E-state index in [0.717, 1.165) is 0 Å². The van der Waals surface area contributed by atoms with Crippen molar-refractivity contribution in [2.75, 3.05) is 26.0 Å². The number of rotatable bonds is 4. The molecule has 0 aliphatic rings. The highest BCUT2D eigenvalue weighted by atomic mass is 79.9. The van der Waals surface area contributed by atoms with E-state index in [-0.39, 0.29) is 13.2 Å². The molecule has 0 aliphatic carbocycles. The standard InChI is InChI=1S/C10H11BrF3N3O3/c1-19-3-2-16-9(18)20-8-6(15)4-5(7(11)17-8)10(12,13)14/h4H,2-3,15H2,1H3,(H,16,18). The number of nitrogens with zero attached hydrogens (tertiary/aromatic N) is 1. The summed E-state index contributed by atoms with van der Waals surface area (Å²) in [6, 6.07) is 0.634. The minimum absolute atomic E-state index is 0.178. The zero-order chi connectivity index (χ0) is 15.3. The molecule has 0 aliphatic heterocycles. The predicted molar refractivity (Wildman–Crippen MR) is 67.3 cm³/mol. The van der Waals surface area contributed by atoms with Gasteiger partial charge in [0.25, 0.3) is 0 Å². The van der Waals surface area contributed by atoms with Crippen molar-refractivity contribution in [1.29, 1.82) is 0 Å². The molecule has 0 unspecified atom stereocenters. The van der Waals surface area contributed by atoms with Crippen LogP contribution in [0.5, 0.6) is 5.88 Å². The molecule has 112 valence electrons. The molecule has 0 saturated heterocycles. The summed E-state index contributed by atoms with van der Waals surface area (Å²) in [5.74, 6) is -0.417. The van der Waals surface area contributed by atoms with Crippen molar-refractivity contribution < 1.29 is 27.4 Å². The third kappa shape index (κ3) is 4.53. The van der Waals surface area contributed by atoms with Gasteiger partial charge < -0.3 is 20.5 Å². The lowest BCUT2D eigenvalue weighted by Crippen LogP contribution is -2.30. The number of carbonyl (C=O) groups is 1. The Morgan fingerprint density at radius 3 is 2.75 bits per heavy atom. The summed E-state index contributed by atoms with van der Waals surface area (Å²) >= 11 is 2.65. The molecular weight excluding hydrogens is 347 g/mol. The van der Waals surface area contributed by atoms with Crippen LogP contribution in [0.25, 0.3) is 0 Å². The van der Waals surface area contributed by atoms with E-state index in [1.165, 1.54) is 7.11 Å². The zero-order valence-corrected chi connectivity index (χ0v) is 11.8. The first-order valence-corrected chi connectivity index (χ1v) is 6.03. The quantitative estimate of drug-likeness (QED) is 0.637. The van der Waals surface area contributed by atoms with Crippen LogP contribution in [0.15, 0.2) is 10.7 Å². The molecule has 0 aromatic carbocycles. The lowest BCUT2D eigenvalue weighted by molar-refractivity contribution is -0.138. The van der Waals surface area contributed by atoms with Gasteiger partial charge in [-0.15, -0.1) is 0 Å². The Hall–Kier alpha value is -1.55. The number of hydrogen-bond acceptors (Lipinski definition) is 5. The third-order valence-corrected chi connectivity index (χ3v) is 2.64. The fourth-order valence-electron chi connectivity index (χ4n) is 1.15. The van der Waals surface area contributed by atoms with E-state index in [1.54, 1.807) is 0 Å². The Balaban J connectivity index is 2.83. The average molecular weight is 358 g/mol. The van der Waals surface area contributed by atoms with Gasteiger partial charge in [-0.1, -0.05) is 0 Å². The molecule has 0 atom stereocenters. The van der Waals surface area contributed by atoms with Crippen molar-refractivity contribution in [2.24, 2.45) is 0 Å². The molecule has 10 heteroatoms. The molecule has 1 aromatic rings. The monoisotopic (exact) mass is 357 g/mol. The molecule has 0 fully saturated rings. The molecule has 1 heterocycles. The Morgan fingerprint density at radius 2 is 2.20 bits per heavy atom. The summed E-state index contributed by atoms with van der Waals surface area (Å²) in [6.45, 7) is 0.436. The molecule has 6 nitrogen and oxygen atoms in total. The minimum Gasteiger partial charge on any atom is -0.394 e. The Kier molecular flexibility index (Phi) is 5.57. The first kappa shape index (κ1) is 16.5. The average Bonchev–Trinajstić information content (AvgIpc) is 2.32. The van der Waals surface area contributed by atoms with Crippen molar-refractivity contribution in [3.8, 4) is 5.88 Å². The maximum Gasteiger partial charge on any atom is 0.419 e. The van der Waals surface area contributed by atoms with Crippen LogP contribution in [0.2, 0.25) is 0 Å². The van der Waals surface area contributed by atoms with Gasteiger partial charge in [-0.3, -0.25) is 0 Å². The van der Waals surface area contributed by atoms with Crippen molar-refractivity contribution >= 4 is 27.7 Å². The SMILES string of the molecule is COCCNC(=O)Oc1nc(Br)c(C(F)(F)F)cc1N. The van der Waals surface area contributed by atoms with E-state index in [2.05, 4.69) is 26.2 Å². The summed E-state index contributed by atoms with van der Waals surface area (Å²) in [5.41, 5.74) is 3.92. The number of nitrogens with one attached hydrogen (secondary N) is 1. The first-order valence-electron chi connectivity index (χ1n) is 5.23. The Labute approximate surface area is 120 Å². The Bertz CT molecular complexity index is 497. The Morgan fingerprint density at radius 1 is 1.55 bits per heavy atom. The summed E-state index contributed by atoms with van der Waals surface area (Å²) in [7, 11) is 1.44. The van der Waals surface area contributed by atoms with Crippen LogP contribution < -0.4 is 15.8 Å². The van der Waals surface area contributed by atoms with Gasteiger partial charge in [-0.05, 0) is 22.0 Å². The van der Waals surface area contributed by atoms with Crippen LogP contribution >= 0.6 is 15.9 Å². The number of hydrogen-bond donors (Lipinski definition) is 2. The number of nitrogens with two attached hydrogens (primary N) is 1. The molecule has 0 radical (unpaired) electrons. The lowest BCUT2D eigenvalue weighted by Gasteiger charge is -2.12. The van der Waals surface area contributed by atoms with Crippen LogP contribution in [0.3, 0.4) is 0 Å². The van der Waals surface area contributed by atoms with Crippen LogP contribution in [0, 0.1) is 0 Å². The van der Waals surface area contributed by atoms with Gasteiger partial charge in [-0.25, -0.2) is 9.78 Å². The smallest absolute Gasteiger partial charge is 0.394 e. The van der Waals surface area contributed by atoms with Gasteiger partial charge in [0.2, 0.25) is 5.88 Å². The fourth-order valence-corrected chi connectivity index (χ4v) is 1.65. The number of nitrogen functional groups attached to an aromatic ring is 1. The summed E-state index contributed by atoms with van der Waals surface area (Å²) in [4.78, 5) is 14.8.